The van der Waals surface area contributed by atoms with Crippen LogP contribution in [-0.4, -0.2) is 27.4 Å². The smallest absolute Gasteiger partial charge is 0.282 e. The fourth-order valence-corrected chi connectivity index (χ4v) is 4.23. The molecule has 1 aromatic carbocycles. The molecular weight excluding hydrogens is 380 g/mol. The molecule has 1 amide bonds. The minimum atomic E-state index is -0.307. The highest BCUT2D eigenvalue weighted by molar-refractivity contribution is 7.99. The molecule has 3 aromatic rings. The van der Waals surface area contributed by atoms with Gasteiger partial charge in [-0.3, -0.25) is 9.59 Å². The summed E-state index contributed by atoms with van der Waals surface area (Å²) in [6, 6.07) is 9.76. The van der Waals surface area contributed by atoms with Crippen LogP contribution in [-0.2, 0) is 4.79 Å². The van der Waals surface area contributed by atoms with E-state index in [1.165, 1.54) is 11.3 Å². The van der Waals surface area contributed by atoms with Gasteiger partial charge in [0, 0.05) is 17.0 Å². The Hall–Kier alpha value is -2.32. The SMILES string of the molecule is CC(C)[C@@H](C)NC(=O)CSc1nc2scc(-c3ccccc3)c2c(=O)n1N. The summed E-state index contributed by atoms with van der Waals surface area (Å²) in [5, 5.41) is 5.69. The van der Waals surface area contributed by atoms with Crippen LogP contribution in [0.15, 0.2) is 45.7 Å². The molecule has 2 aromatic heterocycles. The number of nitrogens with zero attached hydrogens (tertiary/aromatic N) is 2. The molecule has 0 saturated heterocycles. The largest absolute Gasteiger partial charge is 0.353 e. The number of aromatic nitrogens is 2. The van der Waals surface area contributed by atoms with Gasteiger partial charge in [-0.1, -0.05) is 55.9 Å². The van der Waals surface area contributed by atoms with Crippen molar-refractivity contribution in [1.82, 2.24) is 15.0 Å². The average molecular weight is 403 g/mol. The molecule has 6 nitrogen and oxygen atoms in total. The van der Waals surface area contributed by atoms with Crippen molar-refractivity contribution < 1.29 is 4.79 Å². The zero-order valence-electron chi connectivity index (χ0n) is 15.4. The molecule has 0 unspecified atom stereocenters. The standard InChI is InChI=1S/C19H22N4O2S2/c1-11(2)12(3)21-15(24)10-27-19-22-17-16(18(25)23(19)20)14(9-26-17)13-7-5-4-6-8-13/h4-9,11-12H,10,20H2,1-3H3,(H,21,24)/t12-/m1/s1. The molecule has 0 fully saturated rings. The van der Waals surface area contributed by atoms with Gasteiger partial charge in [0.2, 0.25) is 5.91 Å². The van der Waals surface area contributed by atoms with Crippen LogP contribution in [0, 0.1) is 5.92 Å². The maximum atomic E-state index is 12.8. The van der Waals surface area contributed by atoms with Crippen LogP contribution < -0.4 is 16.7 Å². The summed E-state index contributed by atoms with van der Waals surface area (Å²) in [5.41, 5.74) is 1.47. The second-order valence-electron chi connectivity index (χ2n) is 6.65. The molecule has 0 radical (unpaired) electrons. The van der Waals surface area contributed by atoms with E-state index in [4.69, 9.17) is 5.84 Å². The Morgan fingerprint density at radius 2 is 2.00 bits per heavy atom. The van der Waals surface area contributed by atoms with Gasteiger partial charge in [0.15, 0.2) is 5.16 Å². The lowest BCUT2D eigenvalue weighted by Gasteiger charge is -2.17. The van der Waals surface area contributed by atoms with E-state index in [-0.39, 0.29) is 23.3 Å². The van der Waals surface area contributed by atoms with Gasteiger partial charge in [-0.05, 0) is 18.4 Å². The van der Waals surface area contributed by atoms with Crippen molar-refractivity contribution in [2.45, 2.75) is 32.0 Å². The minimum Gasteiger partial charge on any atom is -0.353 e. The molecule has 0 aliphatic heterocycles. The van der Waals surface area contributed by atoms with Crippen molar-refractivity contribution in [1.29, 1.82) is 0 Å². The van der Waals surface area contributed by atoms with E-state index < -0.39 is 0 Å². The first-order chi connectivity index (χ1) is 12.9. The van der Waals surface area contributed by atoms with Crippen molar-refractivity contribution in [3.8, 4) is 11.1 Å². The van der Waals surface area contributed by atoms with Crippen molar-refractivity contribution in [3.63, 3.8) is 0 Å². The average Bonchev–Trinajstić information content (AvgIpc) is 3.08. The lowest BCUT2D eigenvalue weighted by molar-refractivity contribution is -0.119. The lowest BCUT2D eigenvalue weighted by atomic mass is 10.1. The number of carbonyl (C=O) groups is 1. The number of nitrogen functional groups attached to an aromatic ring is 1. The number of hydrogen-bond acceptors (Lipinski definition) is 6. The predicted octanol–water partition coefficient (Wildman–Crippen LogP) is 3.09. The first-order valence-electron chi connectivity index (χ1n) is 8.65. The number of rotatable bonds is 6. The zero-order valence-corrected chi connectivity index (χ0v) is 17.1. The summed E-state index contributed by atoms with van der Waals surface area (Å²) in [6.07, 6.45) is 0. The van der Waals surface area contributed by atoms with Crippen LogP contribution in [0.1, 0.15) is 20.8 Å². The van der Waals surface area contributed by atoms with E-state index in [1.807, 2.05) is 56.5 Å². The zero-order chi connectivity index (χ0) is 19.6. The second-order valence-corrected chi connectivity index (χ2v) is 8.45. The molecule has 8 heteroatoms. The summed E-state index contributed by atoms with van der Waals surface area (Å²) in [7, 11) is 0. The summed E-state index contributed by atoms with van der Waals surface area (Å²) in [4.78, 5) is 30.0. The molecule has 1 atom stereocenters. The Kier molecular flexibility index (Phi) is 5.86. The van der Waals surface area contributed by atoms with E-state index in [2.05, 4.69) is 10.3 Å². The quantitative estimate of drug-likeness (QED) is 0.376. The van der Waals surface area contributed by atoms with Crippen LogP contribution in [0.5, 0.6) is 0 Å². The van der Waals surface area contributed by atoms with E-state index >= 15 is 0 Å². The highest BCUT2D eigenvalue weighted by Crippen LogP contribution is 2.31. The Labute approximate surface area is 165 Å². The van der Waals surface area contributed by atoms with Gasteiger partial charge >= 0.3 is 0 Å². The van der Waals surface area contributed by atoms with Crippen LogP contribution in [0.4, 0.5) is 0 Å². The van der Waals surface area contributed by atoms with Crippen molar-refractivity contribution in [2.75, 3.05) is 11.6 Å². The third-order valence-electron chi connectivity index (χ3n) is 4.41. The minimum absolute atomic E-state index is 0.0827. The van der Waals surface area contributed by atoms with Crippen LogP contribution >= 0.6 is 23.1 Å². The number of hydrogen-bond donors (Lipinski definition) is 2. The topological polar surface area (TPSA) is 90.0 Å². The molecular formula is C19H22N4O2S2. The van der Waals surface area contributed by atoms with Crippen LogP contribution in [0.3, 0.4) is 0 Å². The molecule has 0 saturated carbocycles. The summed E-state index contributed by atoms with van der Waals surface area (Å²) >= 11 is 2.57. The number of nitrogens with one attached hydrogen (secondary N) is 1. The number of amides is 1. The van der Waals surface area contributed by atoms with Gasteiger partial charge in [-0.2, -0.15) is 0 Å². The van der Waals surface area contributed by atoms with Crippen molar-refractivity contribution >= 4 is 39.2 Å². The number of thiophene rings is 1. The molecule has 142 valence electrons. The Morgan fingerprint density at radius 3 is 2.67 bits per heavy atom. The highest BCUT2D eigenvalue weighted by atomic mass is 32.2. The molecule has 3 N–H and O–H groups in total. The number of carbonyl (C=O) groups excluding carboxylic acids is 1. The second kappa shape index (κ2) is 8.14. The van der Waals surface area contributed by atoms with E-state index in [0.717, 1.165) is 27.6 Å². The van der Waals surface area contributed by atoms with Gasteiger partial charge < -0.3 is 11.2 Å². The molecule has 0 spiro atoms. The van der Waals surface area contributed by atoms with E-state index in [0.29, 0.717) is 21.3 Å². The van der Waals surface area contributed by atoms with Gasteiger partial charge in [0.1, 0.15) is 4.83 Å². The first kappa shape index (κ1) is 19.4. The third kappa shape index (κ3) is 4.17. The van der Waals surface area contributed by atoms with Crippen LogP contribution in [0.25, 0.3) is 21.3 Å². The maximum absolute atomic E-state index is 12.8. The van der Waals surface area contributed by atoms with Gasteiger partial charge in [-0.15, -0.1) is 11.3 Å². The van der Waals surface area contributed by atoms with Crippen LogP contribution in [0.2, 0.25) is 0 Å². The lowest BCUT2D eigenvalue weighted by Crippen LogP contribution is -2.37. The molecule has 3 rings (SSSR count). The molecule has 0 aliphatic carbocycles. The maximum Gasteiger partial charge on any atom is 0.282 e. The summed E-state index contributed by atoms with van der Waals surface area (Å²) < 4.78 is 1.03. The fourth-order valence-electron chi connectivity index (χ4n) is 2.51. The van der Waals surface area contributed by atoms with Crippen molar-refractivity contribution in [3.05, 3.63) is 46.1 Å². The number of fused-ring (bicyclic) bond motifs is 1. The predicted molar refractivity (Wildman–Crippen MR) is 113 cm³/mol. The molecule has 0 bridgehead atoms. The third-order valence-corrected chi connectivity index (χ3v) is 6.24. The Balaban J connectivity index is 1.86. The molecule has 2 heterocycles. The number of nitrogens with two attached hydrogens (primary N) is 1. The molecule has 27 heavy (non-hydrogen) atoms. The van der Waals surface area contributed by atoms with Gasteiger partial charge in [-0.25, -0.2) is 9.66 Å². The van der Waals surface area contributed by atoms with Gasteiger partial charge in [0.05, 0.1) is 11.1 Å². The first-order valence-corrected chi connectivity index (χ1v) is 10.5. The number of thioether (sulfide) groups is 1. The fraction of sp³-hybridized carbons (Fsp3) is 0.316. The van der Waals surface area contributed by atoms with E-state index in [1.54, 1.807) is 0 Å². The van der Waals surface area contributed by atoms with Crippen molar-refractivity contribution in [2.24, 2.45) is 5.92 Å². The van der Waals surface area contributed by atoms with E-state index in [9.17, 15) is 9.59 Å². The monoisotopic (exact) mass is 402 g/mol. The normalized spacial score (nSPS) is 12.4. The Bertz CT molecular complexity index is 1010. The molecule has 0 aliphatic rings. The summed E-state index contributed by atoms with van der Waals surface area (Å²) in [5.74, 6) is 6.39. The highest BCUT2D eigenvalue weighted by Gasteiger charge is 2.17. The van der Waals surface area contributed by atoms with Gasteiger partial charge in [0.25, 0.3) is 5.56 Å². The summed E-state index contributed by atoms with van der Waals surface area (Å²) in [6.45, 7) is 6.06. The number of benzene rings is 1. The Morgan fingerprint density at radius 1 is 1.30 bits per heavy atom.